The Bertz CT molecular complexity index is 498. The molecule has 0 radical (unpaired) electrons. The third-order valence-electron chi connectivity index (χ3n) is 2.79. The van der Waals surface area contributed by atoms with Crippen molar-refractivity contribution in [3.05, 3.63) is 28.8 Å². The maximum Gasteiger partial charge on any atom is 0.227 e. The smallest absolute Gasteiger partial charge is 0.227 e. The monoisotopic (exact) mass is 312 g/mol. The first-order chi connectivity index (χ1) is 8.15. The van der Waals surface area contributed by atoms with Crippen LogP contribution in [0.15, 0.2) is 18.2 Å². The zero-order chi connectivity index (χ0) is 12.4. The summed E-state index contributed by atoms with van der Waals surface area (Å²) in [7, 11) is 0. The molecule has 1 atom stereocenters. The molecule has 5 heteroatoms. The lowest BCUT2D eigenvalue weighted by molar-refractivity contribution is -0.117. The molecule has 0 saturated carbocycles. The molecule has 0 N–H and O–H groups in total. The van der Waals surface area contributed by atoms with Crippen molar-refractivity contribution in [3.63, 3.8) is 0 Å². The van der Waals surface area contributed by atoms with Crippen LogP contribution in [-0.4, -0.2) is 17.8 Å². The first-order valence-corrected chi connectivity index (χ1v) is 6.71. The summed E-state index contributed by atoms with van der Waals surface area (Å²) < 4.78 is 0. The second-order valence-corrected chi connectivity index (χ2v) is 5.09. The molecule has 1 heterocycles. The molecular weight excluding hydrogens is 304 g/mol. The predicted molar refractivity (Wildman–Crippen MR) is 70.4 cm³/mol. The van der Waals surface area contributed by atoms with E-state index in [1.165, 1.54) is 0 Å². The van der Waals surface area contributed by atoms with E-state index in [1.54, 1.807) is 23.1 Å². The van der Waals surface area contributed by atoms with Crippen LogP contribution in [0.25, 0.3) is 0 Å². The van der Waals surface area contributed by atoms with Gasteiger partial charge in [0.1, 0.15) is 6.07 Å². The van der Waals surface area contributed by atoms with Gasteiger partial charge in [0.25, 0.3) is 0 Å². The van der Waals surface area contributed by atoms with E-state index in [1.807, 2.05) is 0 Å². The Balaban J connectivity index is 2.35. The van der Waals surface area contributed by atoms with E-state index in [-0.39, 0.29) is 5.91 Å². The third kappa shape index (κ3) is 2.46. The summed E-state index contributed by atoms with van der Waals surface area (Å²) in [5.41, 5.74) is 1.10. The standard InChI is InChI=1S/C12H10BrClN2O/c13-5-8-3-12(17)16(7-8)11-2-1-10(14)4-9(11)6-15/h1-2,4,8H,3,5,7H2. The Morgan fingerprint density at radius 1 is 1.59 bits per heavy atom. The summed E-state index contributed by atoms with van der Waals surface area (Å²) >= 11 is 9.22. The largest absolute Gasteiger partial charge is 0.311 e. The number of nitrogens with zero attached hydrogens (tertiary/aromatic N) is 2. The number of hydrogen-bond acceptors (Lipinski definition) is 2. The maximum atomic E-state index is 11.9. The Kier molecular flexibility index (Phi) is 3.70. The molecule has 0 spiro atoms. The van der Waals surface area contributed by atoms with E-state index >= 15 is 0 Å². The Morgan fingerprint density at radius 2 is 2.35 bits per heavy atom. The van der Waals surface area contributed by atoms with Crippen LogP contribution in [0.5, 0.6) is 0 Å². The number of nitriles is 1. The summed E-state index contributed by atoms with van der Waals surface area (Å²) in [4.78, 5) is 13.5. The van der Waals surface area contributed by atoms with Gasteiger partial charge in [0.05, 0.1) is 11.3 Å². The molecule has 2 rings (SSSR count). The second kappa shape index (κ2) is 5.07. The van der Waals surface area contributed by atoms with Crippen LogP contribution in [0.3, 0.4) is 0 Å². The number of carbonyl (C=O) groups is 1. The Hall–Kier alpha value is -1.05. The highest BCUT2D eigenvalue weighted by Crippen LogP contribution is 2.30. The van der Waals surface area contributed by atoms with Crippen molar-refractivity contribution >= 4 is 39.1 Å². The number of benzene rings is 1. The van der Waals surface area contributed by atoms with Gasteiger partial charge in [-0.05, 0) is 24.1 Å². The van der Waals surface area contributed by atoms with Crippen LogP contribution in [0.1, 0.15) is 12.0 Å². The normalized spacial score (nSPS) is 19.5. The number of amides is 1. The summed E-state index contributed by atoms with van der Waals surface area (Å²) in [5.74, 6) is 0.373. The van der Waals surface area contributed by atoms with Crippen molar-refractivity contribution in [2.45, 2.75) is 6.42 Å². The second-order valence-electron chi connectivity index (χ2n) is 4.00. The van der Waals surface area contributed by atoms with Crippen LogP contribution >= 0.6 is 27.5 Å². The van der Waals surface area contributed by atoms with Crippen LogP contribution < -0.4 is 4.90 Å². The van der Waals surface area contributed by atoms with Crippen LogP contribution in [0, 0.1) is 17.2 Å². The molecule has 1 saturated heterocycles. The van der Waals surface area contributed by atoms with Gasteiger partial charge in [-0.3, -0.25) is 4.79 Å². The lowest BCUT2D eigenvalue weighted by Crippen LogP contribution is -2.25. The fourth-order valence-corrected chi connectivity index (χ4v) is 2.56. The third-order valence-corrected chi connectivity index (χ3v) is 3.94. The maximum absolute atomic E-state index is 11.9. The first kappa shape index (κ1) is 12.4. The lowest BCUT2D eigenvalue weighted by Gasteiger charge is -2.17. The van der Waals surface area contributed by atoms with E-state index in [0.717, 1.165) is 5.33 Å². The molecule has 1 aromatic rings. The molecule has 1 aliphatic heterocycles. The van der Waals surface area contributed by atoms with Gasteiger partial charge in [0.15, 0.2) is 0 Å². The van der Waals surface area contributed by atoms with Gasteiger partial charge in [-0.2, -0.15) is 5.26 Å². The average Bonchev–Trinajstić information content (AvgIpc) is 2.70. The van der Waals surface area contributed by atoms with Gasteiger partial charge in [-0.25, -0.2) is 0 Å². The van der Waals surface area contributed by atoms with E-state index in [0.29, 0.717) is 35.2 Å². The summed E-state index contributed by atoms with van der Waals surface area (Å²) in [6, 6.07) is 7.10. The number of rotatable bonds is 2. The van der Waals surface area contributed by atoms with E-state index in [4.69, 9.17) is 16.9 Å². The van der Waals surface area contributed by atoms with E-state index < -0.39 is 0 Å². The zero-order valence-electron chi connectivity index (χ0n) is 8.99. The molecule has 0 aromatic heterocycles. The minimum atomic E-state index is 0.0632. The molecule has 1 aliphatic rings. The molecule has 1 amide bonds. The van der Waals surface area contributed by atoms with Crippen molar-refractivity contribution in [1.82, 2.24) is 0 Å². The minimum Gasteiger partial charge on any atom is -0.311 e. The van der Waals surface area contributed by atoms with Gasteiger partial charge in [0.2, 0.25) is 5.91 Å². The Labute approximate surface area is 113 Å². The van der Waals surface area contributed by atoms with Crippen LogP contribution in [-0.2, 0) is 4.79 Å². The highest BCUT2D eigenvalue weighted by Gasteiger charge is 2.31. The minimum absolute atomic E-state index is 0.0632. The SMILES string of the molecule is N#Cc1cc(Cl)ccc1N1CC(CBr)CC1=O. The van der Waals surface area contributed by atoms with Gasteiger partial charge in [-0.1, -0.05) is 27.5 Å². The molecule has 0 bridgehead atoms. The van der Waals surface area contributed by atoms with Crippen molar-refractivity contribution < 1.29 is 4.79 Å². The first-order valence-electron chi connectivity index (χ1n) is 5.21. The van der Waals surface area contributed by atoms with E-state index in [2.05, 4.69) is 22.0 Å². The lowest BCUT2D eigenvalue weighted by atomic mass is 10.1. The number of hydrogen-bond donors (Lipinski definition) is 0. The molecule has 1 aromatic carbocycles. The summed E-state index contributed by atoms with van der Waals surface area (Å²) in [6.45, 7) is 0.653. The zero-order valence-corrected chi connectivity index (χ0v) is 11.3. The van der Waals surface area contributed by atoms with Crippen molar-refractivity contribution in [2.24, 2.45) is 5.92 Å². The van der Waals surface area contributed by atoms with Crippen LogP contribution in [0.2, 0.25) is 5.02 Å². The van der Waals surface area contributed by atoms with Gasteiger partial charge in [0, 0.05) is 23.3 Å². The number of alkyl halides is 1. The van der Waals surface area contributed by atoms with Crippen molar-refractivity contribution in [1.29, 1.82) is 5.26 Å². The molecule has 88 valence electrons. The molecular formula is C12H10BrClN2O. The summed E-state index contributed by atoms with van der Waals surface area (Å²) in [5, 5.41) is 10.4. The van der Waals surface area contributed by atoms with Crippen LogP contribution in [0.4, 0.5) is 5.69 Å². The quantitative estimate of drug-likeness (QED) is 0.788. The Morgan fingerprint density at radius 3 is 2.94 bits per heavy atom. The highest BCUT2D eigenvalue weighted by molar-refractivity contribution is 9.09. The predicted octanol–water partition coefficient (Wildman–Crippen LogP) is 2.96. The van der Waals surface area contributed by atoms with Gasteiger partial charge >= 0.3 is 0 Å². The highest BCUT2D eigenvalue weighted by atomic mass is 79.9. The van der Waals surface area contributed by atoms with Crippen molar-refractivity contribution in [3.8, 4) is 6.07 Å². The fourth-order valence-electron chi connectivity index (χ4n) is 1.95. The molecule has 17 heavy (non-hydrogen) atoms. The number of halogens is 2. The van der Waals surface area contributed by atoms with Gasteiger partial charge in [-0.15, -0.1) is 0 Å². The van der Waals surface area contributed by atoms with Gasteiger partial charge < -0.3 is 4.90 Å². The van der Waals surface area contributed by atoms with E-state index in [9.17, 15) is 4.79 Å². The molecule has 3 nitrogen and oxygen atoms in total. The topological polar surface area (TPSA) is 44.1 Å². The molecule has 0 aliphatic carbocycles. The number of anilines is 1. The molecule has 1 fully saturated rings. The average molecular weight is 314 g/mol. The number of carbonyl (C=O) groups excluding carboxylic acids is 1. The molecule has 1 unspecified atom stereocenters. The fraction of sp³-hybridized carbons (Fsp3) is 0.333. The summed E-state index contributed by atoms with van der Waals surface area (Å²) in [6.07, 6.45) is 0.527. The van der Waals surface area contributed by atoms with Crippen molar-refractivity contribution in [2.75, 3.05) is 16.8 Å².